The highest BCUT2D eigenvalue weighted by molar-refractivity contribution is 6.09. The van der Waals surface area contributed by atoms with Gasteiger partial charge in [-0.15, -0.1) is 0 Å². The first-order valence-electron chi connectivity index (χ1n) is 12.0. The molecule has 0 atom stereocenters. The largest absolute Gasteiger partial charge is 0.436 e. The van der Waals surface area contributed by atoms with Crippen molar-refractivity contribution < 1.29 is 4.42 Å². The second-order valence-corrected chi connectivity index (χ2v) is 9.10. The lowest BCUT2D eigenvalue weighted by Crippen LogP contribution is -1.94. The van der Waals surface area contributed by atoms with Gasteiger partial charge in [0.1, 0.15) is 11.1 Å². The van der Waals surface area contributed by atoms with Crippen LogP contribution in [0.3, 0.4) is 0 Å². The van der Waals surface area contributed by atoms with E-state index in [2.05, 4.69) is 89.5 Å². The van der Waals surface area contributed by atoms with Crippen LogP contribution in [0.15, 0.2) is 120 Å². The van der Waals surface area contributed by atoms with Crippen LogP contribution in [0.4, 0.5) is 0 Å². The molecule has 8 aromatic rings. The molecule has 0 saturated heterocycles. The molecule has 8 rings (SSSR count). The molecule has 0 radical (unpaired) electrons. The summed E-state index contributed by atoms with van der Waals surface area (Å²) in [6.07, 6.45) is 0. The number of furan rings is 1. The molecule has 0 amide bonds. The minimum absolute atomic E-state index is 0.569. The van der Waals surface area contributed by atoms with Gasteiger partial charge >= 0.3 is 0 Å². The summed E-state index contributed by atoms with van der Waals surface area (Å²) in [6.45, 7) is 0. The molecule has 0 N–H and O–H groups in total. The van der Waals surface area contributed by atoms with Gasteiger partial charge in [-0.25, -0.2) is 9.97 Å². The lowest BCUT2D eigenvalue weighted by Gasteiger charge is -2.10. The molecule has 168 valence electrons. The molecule has 0 saturated carbocycles. The molecular formula is C32H19N3O. The quantitative estimate of drug-likeness (QED) is 0.260. The summed E-state index contributed by atoms with van der Waals surface area (Å²) in [5.41, 5.74) is 9.65. The van der Waals surface area contributed by atoms with E-state index in [1.165, 1.54) is 21.8 Å². The number of rotatable bonds is 2. The third-order valence-electron chi connectivity index (χ3n) is 7.00. The van der Waals surface area contributed by atoms with E-state index in [4.69, 9.17) is 14.4 Å². The van der Waals surface area contributed by atoms with E-state index in [0.29, 0.717) is 5.71 Å². The van der Waals surface area contributed by atoms with Crippen LogP contribution in [0.1, 0.15) is 0 Å². The van der Waals surface area contributed by atoms with Gasteiger partial charge in [0.25, 0.3) is 0 Å². The van der Waals surface area contributed by atoms with E-state index in [0.717, 1.165) is 44.3 Å². The zero-order valence-electron chi connectivity index (χ0n) is 19.2. The summed E-state index contributed by atoms with van der Waals surface area (Å²) in [7, 11) is 0. The molecule has 36 heavy (non-hydrogen) atoms. The van der Waals surface area contributed by atoms with Crippen molar-refractivity contribution in [3.63, 3.8) is 0 Å². The highest BCUT2D eigenvalue weighted by Crippen LogP contribution is 2.35. The number of fused-ring (bicyclic) bond motifs is 7. The van der Waals surface area contributed by atoms with Gasteiger partial charge in [-0.3, -0.25) is 0 Å². The van der Waals surface area contributed by atoms with E-state index in [-0.39, 0.29) is 0 Å². The molecule has 3 heterocycles. The first-order valence-corrected chi connectivity index (χ1v) is 12.0. The number of benzene rings is 5. The maximum Gasteiger partial charge on any atom is 0.246 e. The number of hydrogen-bond acceptors (Lipinski definition) is 3. The van der Waals surface area contributed by atoms with Crippen LogP contribution in [0.5, 0.6) is 0 Å². The minimum atomic E-state index is 0.569. The maximum absolute atomic E-state index is 6.05. The number of para-hydroxylation sites is 4. The topological polar surface area (TPSA) is 43.9 Å². The fraction of sp³-hybridized carbons (Fsp3) is 0. The Kier molecular flexibility index (Phi) is 3.91. The Labute approximate surface area is 206 Å². The molecule has 4 heteroatoms. The molecule has 0 aliphatic heterocycles. The molecule has 4 nitrogen and oxygen atoms in total. The molecule has 5 aromatic carbocycles. The van der Waals surface area contributed by atoms with Crippen molar-refractivity contribution in [3.8, 4) is 16.8 Å². The van der Waals surface area contributed by atoms with Crippen molar-refractivity contribution in [1.82, 2.24) is 14.5 Å². The first-order chi connectivity index (χ1) is 17.8. The SMILES string of the molecule is c1cc(-c2ccc3oc4nc5ccccc5nc4c3c2)cc(-n2c3ccccc3c3ccccc32)c1. The Morgan fingerprint density at radius 2 is 1.19 bits per heavy atom. The lowest BCUT2D eigenvalue weighted by atomic mass is 10.0. The van der Waals surface area contributed by atoms with E-state index in [9.17, 15) is 0 Å². The summed E-state index contributed by atoms with van der Waals surface area (Å²) in [5.74, 6) is 0. The summed E-state index contributed by atoms with van der Waals surface area (Å²) in [6, 6.07) is 40.1. The van der Waals surface area contributed by atoms with Gasteiger partial charge < -0.3 is 8.98 Å². The van der Waals surface area contributed by atoms with Crippen molar-refractivity contribution in [1.29, 1.82) is 0 Å². The van der Waals surface area contributed by atoms with Crippen molar-refractivity contribution in [2.24, 2.45) is 0 Å². The van der Waals surface area contributed by atoms with Crippen molar-refractivity contribution >= 4 is 55.0 Å². The van der Waals surface area contributed by atoms with Crippen LogP contribution >= 0.6 is 0 Å². The Morgan fingerprint density at radius 1 is 0.528 bits per heavy atom. The Bertz CT molecular complexity index is 2060. The van der Waals surface area contributed by atoms with Gasteiger partial charge in [-0.05, 0) is 59.7 Å². The highest BCUT2D eigenvalue weighted by Gasteiger charge is 2.14. The summed E-state index contributed by atoms with van der Waals surface area (Å²) < 4.78 is 8.40. The number of hydrogen-bond donors (Lipinski definition) is 0. The second kappa shape index (κ2) is 7.27. The highest BCUT2D eigenvalue weighted by atomic mass is 16.3. The molecule has 0 fully saturated rings. The molecule has 0 spiro atoms. The summed E-state index contributed by atoms with van der Waals surface area (Å²) >= 11 is 0. The van der Waals surface area contributed by atoms with E-state index < -0.39 is 0 Å². The van der Waals surface area contributed by atoms with Crippen molar-refractivity contribution in [2.75, 3.05) is 0 Å². The van der Waals surface area contributed by atoms with Gasteiger partial charge in [0.05, 0.1) is 22.1 Å². The standard InChI is InChI=1S/C32H19N3O/c1-5-14-28-23(10-1)24-11-2-6-15-29(24)35(28)22-9-7-8-20(18-22)21-16-17-30-25(19-21)31-32(36-30)34-27-13-4-3-12-26(27)33-31/h1-19H. The molecular weight excluding hydrogens is 442 g/mol. The summed E-state index contributed by atoms with van der Waals surface area (Å²) in [4.78, 5) is 9.56. The van der Waals surface area contributed by atoms with Crippen LogP contribution < -0.4 is 0 Å². The van der Waals surface area contributed by atoms with E-state index >= 15 is 0 Å². The Morgan fingerprint density at radius 3 is 1.97 bits per heavy atom. The van der Waals surface area contributed by atoms with Crippen LogP contribution in [0.2, 0.25) is 0 Å². The molecule has 0 bridgehead atoms. The Hall–Kier alpha value is -4.96. The third-order valence-corrected chi connectivity index (χ3v) is 7.00. The van der Waals surface area contributed by atoms with E-state index in [1.807, 2.05) is 30.3 Å². The molecule has 0 aliphatic rings. The van der Waals surface area contributed by atoms with Crippen molar-refractivity contribution in [2.45, 2.75) is 0 Å². The molecule has 0 aliphatic carbocycles. The second-order valence-electron chi connectivity index (χ2n) is 9.10. The minimum Gasteiger partial charge on any atom is -0.436 e. The predicted molar refractivity (Wildman–Crippen MR) is 147 cm³/mol. The number of nitrogens with zero attached hydrogens (tertiary/aromatic N) is 3. The average molecular weight is 462 g/mol. The van der Waals surface area contributed by atoms with Crippen molar-refractivity contribution in [3.05, 3.63) is 115 Å². The van der Waals surface area contributed by atoms with Crippen LogP contribution in [-0.4, -0.2) is 14.5 Å². The van der Waals surface area contributed by atoms with Gasteiger partial charge in [-0.1, -0.05) is 66.7 Å². The fourth-order valence-corrected chi connectivity index (χ4v) is 5.34. The van der Waals surface area contributed by atoms with Crippen LogP contribution in [0, 0.1) is 0 Å². The monoisotopic (exact) mass is 461 g/mol. The number of aromatic nitrogens is 3. The lowest BCUT2D eigenvalue weighted by molar-refractivity contribution is 0.655. The zero-order valence-corrected chi connectivity index (χ0v) is 19.2. The fourth-order valence-electron chi connectivity index (χ4n) is 5.34. The summed E-state index contributed by atoms with van der Waals surface area (Å²) in [5, 5.41) is 3.49. The maximum atomic E-state index is 6.05. The van der Waals surface area contributed by atoms with Gasteiger partial charge in [0.2, 0.25) is 5.71 Å². The third kappa shape index (κ3) is 2.75. The molecule has 0 unspecified atom stereocenters. The average Bonchev–Trinajstić information content (AvgIpc) is 3.46. The normalized spacial score (nSPS) is 11.9. The van der Waals surface area contributed by atoms with Gasteiger partial charge in [0, 0.05) is 21.8 Å². The first kappa shape index (κ1) is 19.4. The smallest absolute Gasteiger partial charge is 0.246 e. The predicted octanol–water partition coefficient (Wildman–Crippen LogP) is 8.29. The van der Waals surface area contributed by atoms with Gasteiger partial charge in [-0.2, -0.15) is 0 Å². The van der Waals surface area contributed by atoms with E-state index in [1.54, 1.807) is 0 Å². The van der Waals surface area contributed by atoms with Crippen LogP contribution in [-0.2, 0) is 0 Å². The zero-order chi connectivity index (χ0) is 23.6. The van der Waals surface area contributed by atoms with Gasteiger partial charge in [0.15, 0.2) is 0 Å². The van der Waals surface area contributed by atoms with Crippen LogP contribution in [0.25, 0.3) is 71.9 Å². The Balaban J connectivity index is 1.33. The molecule has 3 aromatic heterocycles.